The first kappa shape index (κ1) is 14.1. The average Bonchev–Trinajstić information content (AvgIpc) is 3.15. The first-order valence-electron chi connectivity index (χ1n) is 7.48. The van der Waals surface area contributed by atoms with Crippen molar-refractivity contribution in [3.05, 3.63) is 82.3 Å². The first-order valence-corrected chi connectivity index (χ1v) is 7.48. The smallest absolute Gasteiger partial charge is 0.202 e. The van der Waals surface area contributed by atoms with E-state index in [9.17, 15) is 4.79 Å². The molecule has 0 saturated carbocycles. The van der Waals surface area contributed by atoms with Crippen LogP contribution in [0.5, 0.6) is 0 Å². The van der Waals surface area contributed by atoms with Gasteiger partial charge in [-0.25, -0.2) is 0 Å². The predicted octanol–water partition coefficient (Wildman–Crippen LogP) is 3.75. The number of H-pyrrole nitrogens is 1. The van der Waals surface area contributed by atoms with Crippen molar-refractivity contribution in [2.24, 2.45) is 0 Å². The van der Waals surface area contributed by atoms with Crippen LogP contribution in [0, 0.1) is 0 Å². The standard InChI is InChI=1S/C19H13N3O2/c23-19-14-8-4-5-9-16(14)24-17(18(19)15-12-20-22-21-15)11-10-13-6-2-1-3-7-13/h1-12H,(H,20,21,22). The van der Waals surface area contributed by atoms with Crippen LogP contribution in [0.15, 0.2) is 70.0 Å². The summed E-state index contributed by atoms with van der Waals surface area (Å²) in [6.07, 6.45) is 5.20. The lowest BCUT2D eigenvalue weighted by molar-refractivity contribution is 0.593. The van der Waals surface area contributed by atoms with Crippen molar-refractivity contribution >= 4 is 23.1 Å². The summed E-state index contributed by atoms with van der Waals surface area (Å²) >= 11 is 0. The van der Waals surface area contributed by atoms with E-state index < -0.39 is 0 Å². The van der Waals surface area contributed by atoms with E-state index in [0.29, 0.717) is 28.0 Å². The molecule has 24 heavy (non-hydrogen) atoms. The molecule has 116 valence electrons. The van der Waals surface area contributed by atoms with Crippen LogP contribution < -0.4 is 5.43 Å². The van der Waals surface area contributed by atoms with Gasteiger partial charge in [-0.15, -0.1) is 0 Å². The molecule has 5 nitrogen and oxygen atoms in total. The second kappa shape index (κ2) is 5.96. The van der Waals surface area contributed by atoms with Gasteiger partial charge in [0.2, 0.25) is 5.43 Å². The van der Waals surface area contributed by atoms with Crippen LogP contribution in [0.2, 0.25) is 0 Å². The van der Waals surface area contributed by atoms with Crippen molar-refractivity contribution in [2.75, 3.05) is 0 Å². The first-order chi connectivity index (χ1) is 11.8. The van der Waals surface area contributed by atoms with E-state index in [0.717, 1.165) is 5.56 Å². The van der Waals surface area contributed by atoms with Gasteiger partial charge >= 0.3 is 0 Å². The molecule has 0 atom stereocenters. The summed E-state index contributed by atoms with van der Waals surface area (Å²) < 4.78 is 5.95. The summed E-state index contributed by atoms with van der Waals surface area (Å²) in [5.41, 5.74) is 2.29. The third-order valence-electron chi connectivity index (χ3n) is 3.72. The Labute approximate surface area is 137 Å². The van der Waals surface area contributed by atoms with E-state index in [2.05, 4.69) is 15.4 Å². The minimum absolute atomic E-state index is 0.126. The monoisotopic (exact) mass is 315 g/mol. The summed E-state index contributed by atoms with van der Waals surface area (Å²) in [7, 11) is 0. The topological polar surface area (TPSA) is 71.8 Å². The minimum atomic E-state index is -0.126. The van der Waals surface area contributed by atoms with Gasteiger partial charge in [-0.3, -0.25) is 4.79 Å². The molecule has 5 heteroatoms. The largest absolute Gasteiger partial charge is 0.456 e. The molecule has 0 bridgehead atoms. The number of rotatable bonds is 3. The fourth-order valence-electron chi connectivity index (χ4n) is 2.58. The maximum Gasteiger partial charge on any atom is 0.202 e. The normalized spacial score (nSPS) is 11.3. The second-order valence-electron chi connectivity index (χ2n) is 5.27. The van der Waals surface area contributed by atoms with Crippen LogP contribution in [0.3, 0.4) is 0 Å². The molecule has 0 spiro atoms. The van der Waals surface area contributed by atoms with Crippen molar-refractivity contribution in [1.29, 1.82) is 0 Å². The highest BCUT2D eigenvalue weighted by Crippen LogP contribution is 2.24. The van der Waals surface area contributed by atoms with E-state index in [1.54, 1.807) is 18.2 Å². The van der Waals surface area contributed by atoms with Crippen molar-refractivity contribution in [2.45, 2.75) is 0 Å². The van der Waals surface area contributed by atoms with Gasteiger partial charge in [0.15, 0.2) is 0 Å². The molecular weight excluding hydrogens is 302 g/mol. The predicted molar refractivity (Wildman–Crippen MR) is 93.2 cm³/mol. The number of fused-ring (bicyclic) bond motifs is 1. The van der Waals surface area contributed by atoms with Crippen LogP contribution >= 0.6 is 0 Å². The fraction of sp³-hybridized carbons (Fsp3) is 0. The van der Waals surface area contributed by atoms with E-state index in [-0.39, 0.29) is 5.43 Å². The number of para-hydroxylation sites is 1. The lowest BCUT2D eigenvalue weighted by Crippen LogP contribution is -2.07. The van der Waals surface area contributed by atoms with Gasteiger partial charge in [-0.05, 0) is 23.8 Å². The highest BCUT2D eigenvalue weighted by Gasteiger charge is 2.16. The molecule has 0 unspecified atom stereocenters. The Morgan fingerprint density at radius 3 is 2.54 bits per heavy atom. The summed E-state index contributed by atoms with van der Waals surface area (Å²) in [4.78, 5) is 12.9. The van der Waals surface area contributed by atoms with E-state index in [1.165, 1.54) is 6.20 Å². The van der Waals surface area contributed by atoms with Crippen LogP contribution in [0.1, 0.15) is 11.3 Å². The van der Waals surface area contributed by atoms with Crippen molar-refractivity contribution in [3.8, 4) is 11.3 Å². The summed E-state index contributed by atoms with van der Waals surface area (Å²) in [5.74, 6) is 0.455. The minimum Gasteiger partial charge on any atom is -0.456 e. The van der Waals surface area contributed by atoms with Crippen molar-refractivity contribution in [1.82, 2.24) is 15.4 Å². The molecule has 0 fully saturated rings. The molecular formula is C19H13N3O2. The summed E-state index contributed by atoms with van der Waals surface area (Å²) in [5, 5.41) is 10.9. The third kappa shape index (κ3) is 2.52. The zero-order valence-electron chi connectivity index (χ0n) is 12.6. The third-order valence-corrected chi connectivity index (χ3v) is 3.72. The Morgan fingerprint density at radius 2 is 1.75 bits per heavy atom. The molecule has 1 N–H and O–H groups in total. The van der Waals surface area contributed by atoms with Gasteiger partial charge < -0.3 is 4.42 Å². The highest BCUT2D eigenvalue weighted by atomic mass is 16.3. The van der Waals surface area contributed by atoms with Gasteiger partial charge in [0.25, 0.3) is 0 Å². The van der Waals surface area contributed by atoms with E-state index in [1.807, 2.05) is 48.5 Å². The maximum absolute atomic E-state index is 12.9. The van der Waals surface area contributed by atoms with Crippen molar-refractivity contribution < 1.29 is 4.42 Å². The Balaban J connectivity index is 1.95. The van der Waals surface area contributed by atoms with Gasteiger partial charge in [0.05, 0.1) is 17.1 Å². The quantitative estimate of drug-likeness (QED) is 0.625. The van der Waals surface area contributed by atoms with Gasteiger partial charge in [-0.2, -0.15) is 15.4 Å². The molecule has 2 aromatic carbocycles. The summed E-state index contributed by atoms with van der Waals surface area (Å²) in [6, 6.07) is 17.0. The summed E-state index contributed by atoms with van der Waals surface area (Å²) in [6.45, 7) is 0. The van der Waals surface area contributed by atoms with Crippen LogP contribution in [-0.4, -0.2) is 15.4 Å². The van der Waals surface area contributed by atoms with Crippen molar-refractivity contribution in [3.63, 3.8) is 0 Å². The molecule has 0 saturated heterocycles. The van der Waals surface area contributed by atoms with Crippen LogP contribution in [0.4, 0.5) is 0 Å². The number of aromatic amines is 1. The zero-order valence-corrected chi connectivity index (χ0v) is 12.6. The van der Waals surface area contributed by atoms with Gasteiger partial charge in [-0.1, -0.05) is 48.5 Å². The molecule has 0 aliphatic carbocycles. The van der Waals surface area contributed by atoms with Gasteiger partial charge in [0, 0.05) is 0 Å². The fourth-order valence-corrected chi connectivity index (χ4v) is 2.58. The van der Waals surface area contributed by atoms with E-state index >= 15 is 0 Å². The molecule has 2 aromatic heterocycles. The Morgan fingerprint density at radius 1 is 0.958 bits per heavy atom. The highest BCUT2D eigenvalue weighted by molar-refractivity contribution is 5.86. The Kier molecular flexibility index (Phi) is 3.51. The number of hydrogen-bond acceptors (Lipinski definition) is 4. The average molecular weight is 315 g/mol. The van der Waals surface area contributed by atoms with E-state index in [4.69, 9.17) is 4.42 Å². The molecule has 0 amide bonds. The molecule has 2 heterocycles. The van der Waals surface area contributed by atoms with Gasteiger partial charge in [0.1, 0.15) is 17.0 Å². The Bertz CT molecular complexity index is 1060. The lowest BCUT2D eigenvalue weighted by atomic mass is 10.1. The SMILES string of the molecule is O=c1c(-c2cn[nH]n2)c(C=Cc2ccccc2)oc2ccccc12. The molecule has 0 aliphatic rings. The number of nitrogens with one attached hydrogen (secondary N) is 1. The Hall–Kier alpha value is -3.47. The number of benzene rings is 2. The number of aromatic nitrogens is 3. The van der Waals surface area contributed by atoms with Crippen LogP contribution in [-0.2, 0) is 0 Å². The molecule has 0 aliphatic heterocycles. The number of hydrogen-bond donors (Lipinski definition) is 1. The second-order valence-corrected chi connectivity index (χ2v) is 5.27. The maximum atomic E-state index is 12.9. The lowest BCUT2D eigenvalue weighted by Gasteiger charge is -2.04. The zero-order chi connectivity index (χ0) is 16.4. The van der Waals surface area contributed by atoms with Crippen LogP contribution in [0.25, 0.3) is 34.4 Å². The molecule has 0 radical (unpaired) electrons. The molecule has 4 rings (SSSR count). The molecule has 4 aromatic rings. The number of nitrogens with zero attached hydrogens (tertiary/aromatic N) is 2.